The maximum absolute atomic E-state index is 13.1. The maximum atomic E-state index is 13.1. The molecular weight excluding hydrogens is 366 g/mol. The number of hydrogen-bond acceptors (Lipinski definition) is 5. The summed E-state index contributed by atoms with van der Waals surface area (Å²) < 4.78 is 8.21. The summed E-state index contributed by atoms with van der Waals surface area (Å²) in [5, 5.41) is 7.77. The summed E-state index contributed by atoms with van der Waals surface area (Å²) >= 11 is 0. The number of ether oxygens (including phenoxy) is 1. The minimum atomic E-state index is -0.248. The molecule has 7 heteroatoms. The third-order valence-electron chi connectivity index (χ3n) is 4.93. The first-order chi connectivity index (χ1) is 13.9. The fourth-order valence-corrected chi connectivity index (χ4v) is 3.23. The lowest BCUT2D eigenvalue weighted by Crippen LogP contribution is -2.23. The van der Waals surface area contributed by atoms with Gasteiger partial charge < -0.3 is 10.1 Å². The fourth-order valence-electron chi connectivity index (χ4n) is 3.23. The van der Waals surface area contributed by atoms with Crippen LogP contribution in [0.4, 0.5) is 11.6 Å². The Morgan fingerprint density at radius 3 is 2.62 bits per heavy atom. The first kappa shape index (κ1) is 18.7. The molecule has 1 N–H and O–H groups in total. The van der Waals surface area contributed by atoms with Gasteiger partial charge in [0, 0.05) is 17.4 Å². The second-order valence-electron chi connectivity index (χ2n) is 7.13. The van der Waals surface area contributed by atoms with Gasteiger partial charge in [-0.05, 0) is 61.7 Å². The second kappa shape index (κ2) is 7.43. The molecule has 148 valence electrons. The fraction of sp³-hybridized carbons (Fsp3) is 0.227. The van der Waals surface area contributed by atoms with Gasteiger partial charge in [0.15, 0.2) is 5.65 Å². The molecule has 4 rings (SSSR count). The average Bonchev–Trinajstić information content (AvgIpc) is 3.00. The number of nitrogens with one attached hydrogen (secondary N) is 1. The Balaban J connectivity index is 1.76. The van der Waals surface area contributed by atoms with Crippen molar-refractivity contribution >= 4 is 17.3 Å². The van der Waals surface area contributed by atoms with E-state index in [1.54, 1.807) is 13.2 Å². The molecule has 7 nitrogen and oxygen atoms in total. The van der Waals surface area contributed by atoms with Crippen molar-refractivity contribution in [2.24, 2.45) is 0 Å². The number of anilines is 2. The highest BCUT2D eigenvalue weighted by atomic mass is 16.5. The van der Waals surface area contributed by atoms with Crippen LogP contribution in [0.15, 0.2) is 53.3 Å². The first-order valence-electron chi connectivity index (χ1n) is 9.39. The van der Waals surface area contributed by atoms with Crippen LogP contribution >= 0.6 is 0 Å². The van der Waals surface area contributed by atoms with Crippen molar-refractivity contribution in [2.45, 2.75) is 27.3 Å². The highest BCUT2D eigenvalue weighted by molar-refractivity contribution is 5.58. The molecule has 0 aliphatic rings. The van der Waals surface area contributed by atoms with Crippen LogP contribution in [0.3, 0.4) is 0 Å². The number of aromatic nitrogens is 4. The summed E-state index contributed by atoms with van der Waals surface area (Å²) in [6, 6.07) is 15.5. The molecule has 0 fully saturated rings. The third-order valence-corrected chi connectivity index (χ3v) is 4.93. The summed E-state index contributed by atoms with van der Waals surface area (Å²) in [6.07, 6.45) is 0. The molecule has 0 atom stereocenters. The second-order valence-corrected chi connectivity index (χ2v) is 7.13. The van der Waals surface area contributed by atoms with Gasteiger partial charge in [0.05, 0.1) is 13.7 Å². The number of benzene rings is 2. The van der Waals surface area contributed by atoms with E-state index in [1.807, 2.05) is 49.4 Å². The number of nitrogens with zero attached hydrogens (tertiary/aromatic N) is 4. The van der Waals surface area contributed by atoms with Crippen LogP contribution in [0.1, 0.15) is 22.4 Å². The Morgan fingerprint density at radius 2 is 1.86 bits per heavy atom. The van der Waals surface area contributed by atoms with Crippen molar-refractivity contribution in [3.63, 3.8) is 0 Å². The molecular formula is C22H23N5O2. The Morgan fingerprint density at radius 1 is 1.03 bits per heavy atom. The van der Waals surface area contributed by atoms with Gasteiger partial charge in [0.2, 0.25) is 5.95 Å². The van der Waals surface area contributed by atoms with Crippen LogP contribution in [0.25, 0.3) is 5.65 Å². The number of hydrogen-bond donors (Lipinski definition) is 1. The van der Waals surface area contributed by atoms with Crippen LogP contribution in [0, 0.1) is 20.8 Å². The standard InChI is InChI=1S/C22H23N5O2/c1-14-8-9-18(10-15(14)2)24-21-23-16(3)11-20-25-26(22(28)27(20)21)13-17-6-5-7-19(12-17)29-4/h5-12H,13H2,1-4H3,(H,23,24). The molecule has 0 aliphatic heterocycles. The van der Waals surface area contributed by atoms with Crippen molar-refractivity contribution in [1.29, 1.82) is 0 Å². The zero-order valence-corrected chi connectivity index (χ0v) is 16.9. The maximum Gasteiger partial charge on any atom is 0.353 e. The summed E-state index contributed by atoms with van der Waals surface area (Å²) in [5.74, 6) is 1.19. The van der Waals surface area contributed by atoms with Crippen molar-refractivity contribution < 1.29 is 4.74 Å². The minimum absolute atomic E-state index is 0.248. The van der Waals surface area contributed by atoms with Crippen LogP contribution in [-0.4, -0.2) is 26.3 Å². The van der Waals surface area contributed by atoms with E-state index < -0.39 is 0 Å². The molecule has 0 saturated carbocycles. The van der Waals surface area contributed by atoms with Crippen LogP contribution in [0.5, 0.6) is 5.75 Å². The SMILES string of the molecule is COc1cccc(Cn2nc3cc(C)nc(Nc4ccc(C)c(C)c4)n3c2=O)c1. The lowest BCUT2D eigenvalue weighted by Gasteiger charge is -2.09. The molecule has 0 aliphatic carbocycles. The number of rotatable bonds is 5. The molecule has 0 unspecified atom stereocenters. The number of aryl methyl sites for hydroxylation is 3. The minimum Gasteiger partial charge on any atom is -0.497 e. The molecule has 2 heterocycles. The molecule has 29 heavy (non-hydrogen) atoms. The molecule has 0 saturated heterocycles. The molecule has 4 aromatic rings. The molecule has 0 amide bonds. The Hall–Kier alpha value is -3.61. The Kier molecular flexibility index (Phi) is 4.80. The lowest BCUT2D eigenvalue weighted by molar-refractivity contribution is 0.414. The summed E-state index contributed by atoms with van der Waals surface area (Å²) in [5.41, 5.74) is 5.27. The lowest BCUT2D eigenvalue weighted by atomic mass is 10.1. The highest BCUT2D eigenvalue weighted by Gasteiger charge is 2.14. The van der Waals surface area contributed by atoms with Gasteiger partial charge in [0.1, 0.15) is 5.75 Å². The van der Waals surface area contributed by atoms with Crippen molar-refractivity contribution in [3.05, 3.63) is 81.4 Å². The van der Waals surface area contributed by atoms with Gasteiger partial charge >= 0.3 is 5.69 Å². The highest BCUT2D eigenvalue weighted by Crippen LogP contribution is 2.19. The predicted molar refractivity (Wildman–Crippen MR) is 113 cm³/mol. The van der Waals surface area contributed by atoms with Crippen LogP contribution in [-0.2, 0) is 6.54 Å². The van der Waals surface area contributed by atoms with E-state index in [1.165, 1.54) is 20.2 Å². The summed E-state index contributed by atoms with van der Waals surface area (Å²) in [4.78, 5) is 17.6. The summed E-state index contributed by atoms with van der Waals surface area (Å²) in [7, 11) is 1.62. The van der Waals surface area contributed by atoms with E-state index in [9.17, 15) is 4.79 Å². The number of methoxy groups -OCH3 is 1. The van der Waals surface area contributed by atoms with E-state index in [0.717, 1.165) is 22.7 Å². The van der Waals surface area contributed by atoms with Gasteiger partial charge in [-0.25, -0.2) is 18.9 Å². The van der Waals surface area contributed by atoms with Gasteiger partial charge in [-0.2, -0.15) is 0 Å². The molecule has 2 aromatic carbocycles. The molecule has 2 aromatic heterocycles. The van der Waals surface area contributed by atoms with Crippen molar-refractivity contribution in [1.82, 2.24) is 19.2 Å². The Bertz CT molecular complexity index is 1260. The smallest absolute Gasteiger partial charge is 0.353 e. The van der Waals surface area contributed by atoms with Gasteiger partial charge in [-0.15, -0.1) is 5.10 Å². The van der Waals surface area contributed by atoms with Crippen LogP contribution < -0.4 is 15.7 Å². The van der Waals surface area contributed by atoms with E-state index in [-0.39, 0.29) is 5.69 Å². The van der Waals surface area contributed by atoms with Crippen LogP contribution in [0.2, 0.25) is 0 Å². The topological polar surface area (TPSA) is 73.4 Å². The molecule has 0 bridgehead atoms. The third kappa shape index (κ3) is 3.71. The zero-order chi connectivity index (χ0) is 20.5. The van der Waals surface area contributed by atoms with E-state index >= 15 is 0 Å². The quantitative estimate of drug-likeness (QED) is 0.564. The van der Waals surface area contributed by atoms with Crippen molar-refractivity contribution in [3.8, 4) is 5.75 Å². The number of fused-ring (bicyclic) bond motifs is 1. The van der Waals surface area contributed by atoms with Crippen molar-refractivity contribution in [2.75, 3.05) is 12.4 Å². The van der Waals surface area contributed by atoms with Gasteiger partial charge in [0.25, 0.3) is 0 Å². The zero-order valence-electron chi connectivity index (χ0n) is 16.9. The van der Waals surface area contributed by atoms with E-state index in [0.29, 0.717) is 18.1 Å². The molecule has 0 radical (unpaired) electrons. The Labute approximate surface area is 168 Å². The van der Waals surface area contributed by atoms with Gasteiger partial charge in [-0.3, -0.25) is 0 Å². The normalized spacial score (nSPS) is 11.0. The monoisotopic (exact) mass is 389 g/mol. The van der Waals surface area contributed by atoms with Gasteiger partial charge in [-0.1, -0.05) is 18.2 Å². The molecule has 0 spiro atoms. The first-order valence-corrected chi connectivity index (χ1v) is 9.39. The largest absolute Gasteiger partial charge is 0.497 e. The van der Waals surface area contributed by atoms with E-state index in [2.05, 4.69) is 29.2 Å². The van der Waals surface area contributed by atoms with E-state index in [4.69, 9.17) is 4.74 Å². The predicted octanol–water partition coefficient (Wildman–Crippen LogP) is 3.62. The average molecular weight is 389 g/mol. The summed E-state index contributed by atoms with van der Waals surface area (Å²) in [6.45, 7) is 6.35.